The third-order valence-electron chi connectivity index (χ3n) is 15.9. The number of guanidine groups is 2. The number of carboxylic acid groups (broad SMARTS) is 1. The molecule has 29 heteroatoms. The average molecular weight is 1260 g/mol. The standard InChI is InChI=1S/C62H87N17O12/c63-41-27-28-50(80)68-29-11-10-22-42(53(83)76-47(36-40-20-8-3-9-21-40)56(86)77-46(35-39-18-6-2-7-19-39)55(85)75-44(60(90)91)24-13-31-70-62(66)67)73-54(84)45(34-38-16-4-1-5-17-38)72-51(81)37-71-57(87)48-25-14-32-78(48)59(89)49-26-15-33-79(49)58(88)43(74-52(41)82)23-12-30-69-61(64)65/h1-9,16-21,41-49H,10-15,22-37,63H2,(H,68,80)(H,71,87)(H,72,81)(H,73,84)(H,74,82)(H,75,85)(H,76,83)(H,77,86)(H,90,91)(H4,64,65,69)(H4,66,67,70)/t41-,42-,43-,44-,45-,46-,47+,48-,49-/m0/s1. The van der Waals surface area contributed by atoms with Crippen LogP contribution in [0.1, 0.15) is 100 Å². The Hall–Kier alpha value is -9.67. The number of carbonyl (C=O) groups excluding carboxylic acids is 10. The predicted octanol–water partition coefficient (Wildman–Crippen LogP) is -2.68. The zero-order valence-corrected chi connectivity index (χ0v) is 51.0. The lowest BCUT2D eigenvalue weighted by Crippen LogP contribution is -2.60. The van der Waals surface area contributed by atoms with Gasteiger partial charge in [-0.05, 0) is 93.7 Å². The van der Waals surface area contributed by atoms with E-state index in [2.05, 4.69) is 52.5 Å². The van der Waals surface area contributed by atoms with Gasteiger partial charge in [-0.1, -0.05) is 91.0 Å². The highest BCUT2D eigenvalue weighted by molar-refractivity contribution is 5.98. The number of nitrogens with zero attached hydrogens (tertiary/aromatic N) is 4. The zero-order valence-electron chi connectivity index (χ0n) is 51.0. The topological polar surface area (TPSA) is 466 Å². The van der Waals surface area contributed by atoms with E-state index in [1.165, 1.54) is 9.80 Å². The van der Waals surface area contributed by atoms with Crippen LogP contribution in [0.2, 0.25) is 0 Å². The molecule has 0 aromatic heterocycles. The first-order valence-electron chi connectivity index (χ1n) is 30.8. The molecular formula is C62H87N17O12. The van der Waals surface area contributed by atoms with Crippen LogP contribution in [0, 0.1) is 0 Å². The van der Waals surface area contributed by atoms with Gasteiger partial charge < -0.3 is 86.1 Å². The number of nitrogens with one attached hydrogen (secondary N) is 8. The van der Waals surface area contributed by atoms with Gasteiger partial charge in [0.05, 0.1) is 12.6 Å². The van der Waals surface area contributed by atoms with Crippen LogP contribution in [-0.2, 0) is 72.0 Å². The number of aliphatic carboxylic acids is 1. The zero-order chi connectivity index (χ0) is 65.8. The number of carboxylic acids is 1. The molecular weight excluding hydrogens is 1170 g/mol. The molecule has 3 fully saturated rings. The van der Waals surface area contributed by atoms with Crippen molar-refractivity contribution < 1.29 is 57.8 Å². The van der Waals surface area contributed by atoms with Crippen LogP contribution in [-0.4, -0.2) is 186 Å². The first-order chi connectivity index (χ1) is 43.7. The molecule has 492 valence electrons. The van der Waals surface area contributed by atoms with Crippen molar-refractivity contribution in [2.24, 2.45) is 38.7 Å². The molecule has 0 bridgehead atoms. The van der Waals surface area contributed by atoms with Crippen LogP contribution in [0.25, 0.3) is 0 Å². The van der Waals surface area contributed by atoms with E-state index in [1.807, 2.05) is 0 Å². The van der Waals surface area contributed by atoms with Crippen molar-refractivity contribution in [3.05, 3.63) is 108 Å². The molecule has 0 unspecified atom stereocenters. The molecule has 3 aliphatic heterocycles. The fourth-order valence-electron chi connectivity index (χ4n) is 11.1. The van der Waals surface area contributed by atoms with Crippen molar-refractivity contribution in [1.82, 2.24) is 52.3 Å². The Morgan fingerprint density at radius 2 is 1.11 bits per heavy atom. The Morgan fingerprint density at radius 1 is 0.560 bits per heavy atom. The number of carbonyl (C=O) groups is 11. The first-order valence-corrected chi connectivity index (χ1v) is 30.8. The summed E-state index contributed by atoms with van der Waals surface area (Å²) >= 11 is 0. The summed E-state index contributed by atoms with van der Waals surface area (Å²) in [5.41, 5.74) is 30.1. The Balaban J connectivity index is 1.27. The quantitative estimate of drug-likeness (QED) is 0.0294. The summed E-state index contributed by atoms with van der Waals surface area (Å²) in [6, 6.07) is 14.6. The highest BCUT2D eigenvalue weighted by Gasteiger charge is 2.44. The van der Waals surface area contributed by atoms with Crippen LogP contribution in [0.4, 0.5) is 0 Å². The molecule has 3 saturated heterocycles. The van der Waals surface area contributed by atoms with E-state index in [9.17, 15) is 57.8 Å². The predicted molar refractivity (Wildman–Crippen MR) is 336 cm³/mol. The minimum absolute atomic E-state index is 0.0595. The van der Waals surface area contributed by atoms with Crippen molar-refractivity contribution in [3.8, 4) is 0 Å². The molecule has 9 atom stereocenters. The summed E-state index contributed by atoms with van der Waals surface area (Å²) in [5, 5.41) is 31.8. The highest BCUT2D eigenvalue weighted by atomic mass is 16.4. The lowest BCUT2D eigenvalue weighted by molar-refractivity contribution is -0.148. The van der Waals surface area contributed by atoms with E-state index in [-0.39, 0.29) is 135 Å². The molecule has 0 saturated carbocycles. The van der Waals surface area contributed by atoms with Crippen LogP contribution < -0.4 is 71.2 Å². The number of rotatable bonds is 21. The number of fused-ring (bicyclic) bond motifs is 2. The van der Waals surface area contributed by atoms with E-state index in [0.717, 1.165) is 0 Å². The van der Waals surface area contributed by atoms with Gasteiger partial charge in [0.25, 0.3) is 0 Å². The minimum Gasteiger partial charge on any atom is -0.480 e. The average Bonchev–Trinajstić information content (AvgIpc) is 1.79. The van der Waals surface area contributed by atoms with Gasteiger partial charge >= 0.3 is 5.97 Å². The molecule has 0 spiro atoms. The van der Waals surface area contributed by atoms with Gasteiger partial charge in [0, 0.05) is 58.4 Å². The van der Waals surface area contributed by atoms with Gasteiger partial charge in [-0.2, -0.15) is 0 Å². The summed E-state index contributed by atoms with van der Waals surface area (Å²) in [5.74, 6) is -8.68. The first kappa shape index (κ1) is 70.4. The molecule has 19 N–H and O–H groups in total. The summed E-state index contributed by atoms with van der Waals surface area (Å²) in [6.07, 6.45) is 1.61. The van der Waals surface area contributed by atoms with Crippen LogP contribution in [0.3, 0.4) is 0 Å². The van der Waals surface area contributed by atoms with E-state index >= 15 is 0 Å². The molecule has 0 aliphatic carbocycles. The molecule has 0 radical (unpaired) electrons. The number of hydrogen-bond donors (Lipinski definition) is 14. The smallest absolute Gasteiger partial charge is 0.326 e. The molecule has 6 rings (SSSR count). The number of nitrogens with two attached hydrogens (primary N) is 5. The SMILES string of the molecule is NC(N)=NCCC[C@H](NC(=O)[C@H](Cc1ccccc1)NC(=O)[C@@H](Cc1ccccc1)NC(=O)[C@@H]1CCCCNC(=O)CC[C@H](N)C(=O)N[C@@H](CCCN=C(N)N)C(=O)N2CCC[C@H]2C(=O)N2CCC[C@H]2C(=O)NCC(=O)N[C@@H](Cc2ccccc2)C(=O)N1)C(=O)O. The van der Waals surface area contributed by atoms with E-state index in [0.29, 0.717) is 29.5 Å². The van der Waals surface area contributed by atoms with Crippen LogP contribution in [0.15, 0.2) is 101 Å². The largest absolute Gasteiger partial charge is 0.480 e. The van der Waals surface area contributed by atoms with Gasteiger partial charge in [-0.25, -0.2) is 4.79 Å². The highest BCUT2D eigenvalue weighted by Crippen LogP contribution is 2.26. The second kappa shape index (κ2) is 36.1. The van der Waals surface area contributed by atoms with Gasteiger partial charge in [-0.3, -0.25) is 57.9 Å². The van der Waals surface area contributed by atoms with E-state index in [1.54, 1.807) is 91.0 Å². The van der Waals surface area contributed by atoms with Crippen LogP contribution >= 0.6 is 0 Å². The van der Waals surface area contributed by atoms with E-state index in [4.69, 9.17) is 28.7 Å². The fraction of sp³-hybridized carbons (Fsp3) is 0.500. The van der Waals surface area contributed by atoms with E-state index < -0.39 is 126 Å². The van der Waals surface area contributed by atoms with Crippen molar-refractivity contribution in [2.45, 2.75) is 157 Å². The van der Waals surface area contributed by atoms with Crippen molar-refractivity contribution in [1.29, 1.82) is 0 Å². The normalized spacial score (nSPS) is 21.9. The van der Waals surface area contributed by atoms with Crippen molar-refractivity contribution in [3.63, 3.8) is 0 Å². The molecule has 3 aliphatic rings. The molecule has 3 heterocycles. The summed E-state index contributed by atoms with van der Waals surface area (Å²) in [6.45, 7) is 0.0358. The maximum atomic E-state index is 14.9. The molecule has 29 nitrogen and oxygen atoms in total. The van der Waals surface area contributed by atoms with Gasteiger partial charge in [-0.15, -0.1) is 0 Å². The third-order valence-corrected chi connectivity index (χ3v) is 15.9. The Labute approximate surface area is 528 Å². The fourth-order valence-corrected chi connectivity index (χ4v) is 11.1. The second-order valence-corrected chi connectivity index (χ2v) is 22.8. The van der Waals surface area contributed by atoms with Gasteiger partial charge in [0.1, 0.15) is 48.3 Å². The maximum Gasteiger partial charge on any atom is 0.326 e. The van der Waals surface area contributed by atoms with Crippen molar-refractivity contribution >= 4 is 77.0 Å². The Morgan fingerprint density at radius 3 is 1.70 bits per heavy atom. The maximum absolute atomic E-state index is 14.9. The lowest BCUT2D eigenvalue weighted by atomic mass is 10.0. The molecule has 3 aromatic rings. The summed E-state index contributed by atoms with van der Waals surface area (Å²) in [4.78, 5) is 165. The van der Waals surface area contributed by atoms with Crippen LogP contribution in [0.5, 0.6) is 0 Å². The van der Waals surface area contributed by atoms with Crippen molar-refractivity contribution in [2.75, 3.05) is 39.3 Å². The molecule has 10 amide bonds. The lowest BCUT2D eigenvalue weighted by Gasteiger charge is -2.33. The summed E-state index contributed by atoms with van der Waals surface area (Å²) < 4.78 is 0. The minimum atomic E-state index is -1.42. The number of benzene rings is 3. The Bertz CT molecular complexity index is 3040. The number of aliphatic imine (C=N–C) groups is 2. The molecule has 3 aromatic carbocycles. The number of hydrogen-bond acceptors (Lipinski definition) is 14. The van der Waals surface area contributed by atoms with Gasteiger partial charge in [0.2, 0.25) is 59.1 Å². The second-order valence-electron chi connectivity index (χ2n) is 22.8. The van der Waals surface area contributed by atoms with Gasteiger partial charge in [0.15, 0.2) is 11.9 Å². The third kappa shape index (κ3) is 23.0. The summed E-state index contributed by atoms with van der Waals surface area (Å²) in [7, 11) is 0. The number of amides is 10. The Kier molecular flexibility index (Phi) is 27.9. The monoisotopic (exact) mass is 1260 g/mol. The molecule has 91 heavy (non-hydrogen) atoms.